The molecule has 0 radical (unpaired) electrons. The van der Waals surface area contributed by atoms with Crippen molar-refractivity contribution in [1.29, 1.82) is 0 Å². The summed E-state index contributed by atoms with van der Waals surface area (Å²) in [5, 5.41) is 9.73. The van der Waals surface area contributed by atoms with Crippen molar-refractivity contribution in [2.45, 2.75) is 13.3 Å². The maximum Gasteiger partial charge on any atom is 0.185 e. The summed E-state index contributed by atoms with van der Waals surface area (Å²) in [6.45, 7) is 2.56. The Morgan fingerprint density at radius 2 is 1.96 bits per heavy atom. The fourth-order valence-corrected chi connectivity index (χ4v) is 2.35. The second-order valence-corrected chi connectivity index (χ2v) is 5.36. The third kappa shape index (κ3) is 4.86. The van der Waals surface area contributed by atoms with Crippen molar-refractivity contribution in [3.8, 4) is 11.5 Å². The van der Waals surface area contributed by atoms with E-state index in [0.29, 0.717) is 30.0 Å². The number of ketones is 1. The quantitative estimate of drug-likeness (QED) is 0.463. The summed E-state index contributed by atoms with van der Waals surface area (Å²) in [7, 11) is 0. The van der Waals surface area contributed by atoms with Gasteiger partial charge in [-0.2, -0.15) is 0 Å². The Morgan fingerprint density at radius 1 is 1.22 bits per heavy atom. The Bertz CT molecular complexity index is 690. The van der Waals surface area contributed by atoms with Gasteiger partial charge in [-0.15, -0.1) is 11.6 Å². The molecular formula is C19H19ClO3. The van der Waals surface area contributed by atoms with Crippen LogP contribution in [0.15, 0.2) is 48.5 Å². The molecule has 0 amide bonds. The summed E-state index contributed by atoms with van der Waals surface area (Å²) in [5.41, 5.74) is 2.13. The highest BCUT2D eigenvalue weighted by molar-refractivity contribution is 6.18. The average Bonchev–Trinajstić information content (AvgIpc) is 2.56. The Morgan fingerprint density at radius 3 is 2.61 bits per heavy atom. The molecule has 0 fully saturated rings. The van der Waals surface area contributed by atoms with Gasteiger partial charge in [0.05, 0.1) is 6.61 Å². The Hall–Kier alpha value is -2.26. The van der Waals surface area contributed by atoms with Gasteiger partial charge < -0.3 is 9.84 Å². The highest BCUT2D eigenvalue weighted by Gasteiger charge is 2.07. The molecule has 0 aliphatic carbocycles. The average molecular weight is 331 g/mol. The molecule has 0 bridgehead atoms. The number of hydrogen-bond acceptors (Lipinski definition) is 3. The van der Waals surface area contributed by atoms with E-state index in [-0.39, 0.29) is 11.5 Å². The number of carbonyl (C=O) groups excluding carboxylic acids is 1. The summed E-state index contributed by atoms with van der Waals surface area (Å²) >= 11 is 5.70. The fourth-order valence-electron chi connectivity index (χ4n) is 2.15. The minimum atomic E-state index is -0.116. The van der Waals surface area contributed by atoms with Crippen molar-refractivity contribution in [2.24, 2.45) is 0 Å². The molecule has 0 heterocycles. The number of aryl methyl sites for hydroxylation is 1. The van der Waals surface area contributed by atoms with Gasteiger partial charge >= 0.3 is 0 Å². The van der Waals surface area contributed by atoms with E-state index in [1.165, 1.54) is 12.1 Å². The number of carbonyl (C=O) groups is 1. The summed E-state index contributed by atoms with van der Waals surface area (Å²) in [5.74, 6) is 1.25. The summed E-state index contributed by atoms with van der Waals surface area (Å²) in [6, 6.07) is 12.3. The maximum atomic E-state index is 12.2. The van der Waals surface area contributed by atoms with Crippen molar-refractivity contribution in [1.82, 2.24) is 0 Å². The Balaban J connectivity index is 2.10. The lowest BCUT2D eigenvalue weighted by Crippen LogP contribution is -1.97. The van der Waals surface area contributed by atoms with Crippen LogP contribution in [0.25, 0.3) is 6.08 Å². The first-order chi connectivity index (χ1) is 11.1. The monoisotopic (exact) mass is 330 g/mol. The Kier molecular flexibility index (Phi) is 6.24. The number of phenols is 1. The fraction of sp³-hybridized carbons (Fsp3) is 0.211. The van der Waals surface area contributed by atoms with Crippen LogP contribution in [-0.4, -0.2) is 23.4 Å². The number of hydrogen-bond donors (Lipinski definition) is 1. The van der Waals surface area contributed by atoms with Gasteiger partial charge in [0, 0.05) is 11.4 Å². The first-order valence-electron chi connectivity index (χ1n) is 7.47. The van der Waals surface area contributed by atoms with Gasteiger partial charge in [-0.05, 0) is 60.9 Å². The topological polar surface area (TPSA) is 46.5 Å². The third-order valence-corrected chi connectivity index (χ3v) is 3.54. The van der Waals surface area contributed by atoms with Crippen LogP contribution >= 0.6 is 11.6 Å². The van der Waals surface area contributed by atoms with E-state index < -0.39 is 0 Å². The SMILES string of the molecule is CCOc1ccc(/C=C/C(=O)c2ccc(O)c(CCCl)c2)cc1. The molecule has 1 N–H and O–H groups in total. The number of aromatic hydroxyl groups is 1. The number of halogens is 1. The molecule has 0 aliphatic rings. The van der Waals surface area contributed by atoms with Gasteiger partial charge in [0.25, 0.3) is 0 Å². The molecule has 3 nitrogen and oxygen atoms in total. The third-order valence-electron chi connectivity index (χ3n) is 3.35. The van der Waals surface area contributed by atoms with Gasteiger partial charge in [0.15, 0.2) is 5.78 Å². The lowest BCUT2D eigenvalue weighted by atomic mass is 10.0. The number of rotatable bonds is 7. The van der Waals surface area contributed by atoms with Crippen LogP contribution in [-0.2, 0) is 6.42 Å². The summed E-state index contributed by atoms with van der Waals surface area (Å²) < 4.78 is 5.38. The molecule has 2 rings (SSSR count). The molecule has 120 valence electrons. The van der Waals surface area contributed by atoms with Crippen LogP contribution in [0, 0.1) is 0 Å². The van der Waals surface area contributed by atoms with Crippen molar-refractivity contribution in [3.05, 3.63) is 65.2 Å². The van der Waals surface area contributed by atoms with Crippen LogP contribution in [0.3, 0.4) is 0 Å². The highest BCUT2D eigenvalue weighted by atomic mass is 35.5. The molecule has 0 aromatic heterocycles. The van der Waals surface area contributed by atoms with Crippen molar-refractivity contribution in [2.75, 3.05) is 12.5 Å². The predicted molar refractivity (Wildman–Crippen MR) is 93.5 cm³/mol. The van der Waals surface area contributed by atoms with Gasteiger partial charge in [-0.1, -0.05) is 18.2 Å². The zero-order chi connectivity index (χ0) is 16.7. The molecule has 0 unspecified atom stereocenters. The summed E-state index contributed by atoms with van der Waals surface area (Å²) in [6.07, 6.45) is 3.80. The molecule has 0 aliphatic heterocycles. The highest BCUT2D eigenvalue weighted by Crippen LogP contribution is 2.20. The molecule has 2 aromatic rings. The molecule has 4 heteroatoms. The van der Waals surface area contributed by atoms with E-state index >= 15 is 0 Å². The number of phenolic OH excluding ortho intramolecular Hbond substituents is 1. The van der Waals surface area contributed by atoms with E-state index in [1.54, 1.807) is 18.2 Å². The van der Waals surface area contributed by atoms with E-state index in [2.05, 4.69) is 0 Å². The second kappa shape index (κ2) is 8.39. The van der Waals surface area contributed by atoms with Gasteiger partial charge in [-0.3, -0.25) is 4.79 Å². The van der Waals surface area contributed by atoms with Gasteiger partial charge in [-0.25, -0.2) is 0 Å². The smallest absolute Gasteiger partial charge is 0.185 e. The van der Waals surface area contributed by atoms with Crippen LogP contribution < -0.4 is 4.74 Å². The van der Waals surface area contributed by atoms with Crippen LogP contribution in [0.4, 0.5) is 0 Å². The minimum Gasteiger partial charge on any atom is -0.508 e. The van der Waals surface area contributed by atoms with Crippen molar-refractivity contribution < 1.29 is 14.6 Å². The largest absolute Gasteiger partial charge is 0.508 e. The van der Waals surface area contributed by atoms with Crippen molar-refractivity contribution in [3.63, 3.8) is 0 Å². The minimum absolute atomic E-state index is 0.116. The van der Waals surface area contributed by atoms with E-state index in [1.807, 2.05) is 31.2 Å². The zero-order valence-corrected chi connectivity index (χ0v) is 13.7. The van der Waals surface area contributed by atoms with Gasteiger partial charge in [0.2, 0.25) is 0 Å². The molecule has 0 spiro atoms. The van der Waals surface area contributed by atoms with E-state index in [9.17, 15) is 9.90 Å². The standard InChI is InChI=1S/C19H19ClO3/c1-2-23-17-7-3-14(4-8-17)5-9-18(21)15-6-10-19(22)16(13-15)11-12-20/h3-10,13,22H,2,11-12H2,1H3/b9-5+. The molecule has 0 saturated carbocycles. The molecule has 23 heavy (non-hydrogen) atoms. The normalized spacial score (nSPS) is 10.9. The molecule has 0 atom stereocenters. The molecular weight excluding hydrogens is 312 g/mol. The lowest BCUT2D eigenvalue weighted by Gasteiger charge is -2.04. The number of alkyl halides is 1. The van der Waals surface area contributed by atoms with E-state index in [4.69, 9.17) is 16.3 Å². The lowest BCUT2D eigenvalue weighted by molar-refractivity contribution is 0.104. The van der Waals surface area contributed by atoms with Crippen LogP contribution in [0.5, 0.6) is 11.5 Å². The van der Waals surface area contributed by atoms with Crippen LogP contribution in [0.2, 0.25) is 0 Å². The first kappa shape index (κ1) is 17.1. The second-order valence-electron chi connectivity index (χ2n) is 4.98. The van der Waals surface area contributed by atoms with Crippen molar-refractivity contribution >= 4 is 23.5 Å². The number of allylic oxidation sites excluding steroid dienone is 1. The zero-order valence-electron chi connectivity index (χ0n) is 13.0. The van der Waals surface area contributed by atoms with Crippen LogP contribution in [0.1, 0.15) is 28.4 Å². The predicted octanol–water partition coefficient (Wildman–Crippen LogP) is 4.47. The van der Waals surface area contributed by atoms with E-state index in [0.717, 1.165) is 11.3 Å². The maximum absolute atomic E-state index is 12.2. The molecule has 0 saturated heterocycles. The number of benzene rings is 2. The molecule has 2 aromatic carbocycles. The number of ether oxygens (including phenoxy) is 1. The summed E-state index contributed by atoms with van der Waals surface area (Å²) in [4.78, 5) is 12.2. The van der Waals surface area contributed by atoms with Gasteiger partial charge in [0.1, 0.15) is 11.5 Å². The first-order valence-corrected chi connectivity index (χ1v) is 8.00. The Labute approximate surface area is 141 Å².